The lowest BCUT2D eigenvalue weighted by Gasteiger charge is -2.22. The molecule has 36 heavy (non-hydrogen) atoms. The number of ether oxygens (including phenoxy) is 2. The van der Waals surface area contributed by atoms with Crippen molar-refractivity contribution in [3.05, 3.63) is 24.5 Å². The minimum atomic E-state index is -0.387. The van der Waals surface area contributed by atoms with E-state index in [2.05, 4.69) is 6.08 Å². The highest BCUT2D eigenvalue weighted by molar-refractivity contribution is 8.77. The molecule has 4 atom stereocenters. The van der Waals surface area contributed by atoms with E-state index in [1.165, 1.54) is 17.1 Å². The van der Waals surface area contributed by atoms with Gasteiger partial charge in [-0.05, 0) is 24.8 Å². The molecule has 3 aliphatic heterocycles. The van der Waals surface area contributed by atoms with Crippen LogP contribution in [0.3, 0.4) is 0 Å². The predicted octanol–water partition coefficient (Wildman–Crippen LogP) is 1.80. The number of nitrogens with zero attached hydrogens (tertiary/aromatic N) is 2. The summed E-state index contributed by atoms with van der Waals surface area (Å²) in [5.74, 6) is 1.19. The molecule has 0 spiro atoms. The molecule has 0 aromatic heterocycles. The van der Waals surface area contributed by atoms with E-state index >= 15 is 0 Å². The number of allylic oxidation sites excluding steroid dienone is 3. The zero-order valence-electron chi connectivity index (χ0n) is 20.8. The lowest BCUT2D eigenvalue weighted by atomic mass is 10.1. The van der Waals surface area contributed by atoms with Gasteiger partial charge in [0.05, 0.1) is 19.2 Å². The van der Waals surface area contributed by atoms with Crippen molar-refractivity contribution in [1.29, 1.82) is 0 Å². The maximum absolute atomic E-state index is 11.7. The van der Waals surface area contributed by atoms with Gasteiger partial charge in [-0.25, -0.2) is 0 Å². The Labute approximate surface area is 220 Å². The summed E-state index contributed by atoms with van der Waals surface area (Å²) >= 11 is 0. The van der Waals surface area contributed by atoms with Gasteiger partial charge in [0, 0.05) is 49.9 Å². The fourth-order valence-corrected chi connectivity index (χ4v) is 6.93. The number of hydrogen-bond donors (Lipinski definition) is 2. The Balaban J connectivity index is 0.000000281. The van der Waals surface area contributed by atoms with E-state index in [0.29, 0.717) is 38.4 Å². The minimum absolute atomic E-state index is 0.0382. The molecular weight excluding hydrogens is 504 g/mol. The molecule has 0 saturated carbocycles. The first-order valence-electron chi connectivity index (χ1n) is 12.3. The molecule has 3 fully saturated rings. The molecule has 202 valence electrons. The average Bonchev–Trinajstić information content (AvgIpc) is 3.58. The molecule has 3 saturated heterocycles. The van der Waals surface area contributed by atoms with E-state index in [-0.39, 0.29) is 49.4 Å². The maximum Gasteiger partial charge on any atom is 0.295 e. The van der Waals surface area contributed by atoms with Crippen LogP contribution in [0.4, 0.5) is 0 Å². The van der Waals surface area contributed by atoms with Gasteiger partial charge in [-0.1, -0.05) is 40.7 Å². The molecule has 3 aliphatic rings. The van der Waals surface area contributed by atoms with Crippen LogP contribution in [0.2, 0.25) is 0 Å². The van der Waals surface area contributed by atoms with Gasteiger partial charge in [-0.3, -0.25) is 24.1 Å². The van der Waals surface area contributed by atoms with Gasteiger partial charge < -0.3 is 25.8 Å². The van der Waals surface area contributed by atoms with Crippen molar-refractivity contribution in [3.63, 3.8) is 0 Å². The Morgan fingerprint density at radius 1 is 1.11 bits per heavy atom. The molecule has 0 bridgehead atoms. The first kappa shape index (κ1) is 30.2. The summed E-state index contributed by atoms with van der Waals surface area (Å²) in [6.07, 6.45) is 10.7. The summed E-state index contributed by atoms with van der Waals surface area (Å²) < 4.78 is 10.4. The number of carbonyl (C=O) groups excluding carboxylic acids is 4. The minimum Gasteiger partial charge on any atom is -0.496 e. The zero-order chi connectivity index (χ0) is 26.3. The average molecular weight is 543 g/mol. The normalized spacial score (nSPS) is 25.9. The highest BCUT2D eigenvalue weighted by Gasteiger charge is 2.34. The topological polar surface area (TPSA) is 145 Å². The molecule has 3 heterocycles. The van der Waals surface area contributed by atoms with Gasteiger partial charge in [-0.2, -0.15) is 0 Å². The van der Waals surface area contributed by atoms with Crippen LogP contribution in [0.1, 0.15) is 45.4 Å². The summed E-state index contributed by atoms with van der Waals surface area (Å²) in [4.78, 5) is 48.0. The summed E-state index contributed by atoms with van der Waals surface area (Å²) in [6, 6.07) is 0. The second kappa shape index (κ2) is 16.7. The summed E-state index contributed by atoms with van der Waals surface area (Å²) in [5, 5.41) is 0.727. The van der Waals surface area contributed by atoms with Crippen molar-refractivity contribution in [2.24, 2.45) is 17.4 Å². The maximum atomic E-state index is 11.7. The molecule has 0 aromatic carbocycles. The third-order valence-electron chi connectivity index (χ3n) is 5.82. The Bertz CT molecular complexity index is 791. The molecule has 10 nitrogen and oxygen atoms in total. The second-order valence-corrected chi connectivity index (χ2v) is 11.6. The molecule has 0 aliphatic carbocycles. The third kappa shape index (κ3) is 10.2. The third-order valence-corrected chi connectivity index (χ3v) is 8.79. The van der Waals surface area contributed by atoms with Crippen molar-refractivity contribution in [1.82, 2.24) is 9.80 Å². The van der Waals surface area contributed by atoms with E-state index in [9.17, 15) is 19.2 Å². The standard InChI is InChI=1S/C15H22N2O3S2.C9H16N2O3/c16-7-5-14(18)17-11-12(10-15(17)19)20-8-3-1-2-4-13-6-9-21-22-13;1-7-4-9(14-6-12)11(5-7)8(13)2-3-10/h1-3,8,12-13H,4-7,9-11,16H2;6-7,9H,2-5,10H2,1H3/b2-1+,8-3+;. The van der Waals surface area contributed by atoms with Crippen LogP contribution in [-0.4, -0.2) is 83.5 Å². The number of nitrogens with two attached hydrogens (primary N) is 2. The number of amides is 3. The van der Waals surface area contributed by atoms with Crippen LogP contribution in [0.15, 0.2) is 24.5 Å². The predicted molar refractivity (Wildman–Crippen MR) is 141 cm³/mol. The summed E-state index contributed by atoms with van der Waals surface area (Å²) in [5.41, 5.74) is 10.6. The second-order valence-electron chi connectivity index (χ2n) is 8.83. The fraction of sp³-hybridized carbons (Fsp3) is 0.667. The van der Waals surface area contributed by atoms with Crippen molar-refractivity contribution < 1.29 is 28.7 Å². The quantitative estimate of drug-likeness (QED) is 0.171. The Hall–Kier alpha value is -2.02. The monoisotopic (exact) mass is 542 g/mol. The van der Waals surface area contributed by atoms with Crippen molar-refractivity contribution in [2.75, 3.05) is 31.9 Å². The Morgan fingerprint density at radius 2 is 1.86 bits per heavy atom. The van der Waals surface area contributed by atoms with Gasteiger partial charge in [0.2, 0.25) is 17.7 Å². The number of likely N-dealkylation sites (tertiary alicyclic amines) is 2. The molecular formula is C24H38N4O6S2. The SMILES string of the molecule is CC1CC(OC=O)N(C(=O)CCN)C1.NCCC(=O)N1CC(O/C=C/C=C/CC2CCSS2)CC1=O. The van der Waals surface area contributed by atoms with Crippen LogP contribution >= 0.6 is 21.6 Å². The van der Waals surface area contributed by atoms with E-state index < -0.39 is 0 Å². The van der Waals surface area contributed by atoms with Crippen molar-refractivity contribution in [2.45, 2.75) is 63.0 Å². The molecule has 4 N–H and O–H groups in total. The molecule has 3 amide bonds. The van der Waals surface area contributed by atoms with Crippen LogP contribution in [-0.2, 0) is 28.7 Å². The van der Waals surface area contributed by atoms with Gasteiger partial charge in [-0.15, -0.1) is 0 Å². The van der Waals surface area contributed by atoms with Crippen LogP contribution in [0.5, 0.6) is 0 Å². The molecule has 4 unspecified atom stereocenters. The highest BCUT2D eigenvalue weighted by atomic mass is 33.1. The Morgan fingerprint density at radius 3 is 2.53 bits per heavy atom. The lowest BCUT2D eigenvalue weighted by Crippen LogP contribution is -2.38. The van der Waals surface area contributed by atoms with Crippen molar-refractivity contribution in [3.8, 4) is 0 Å². The highest BCUT2D eigenvalue weighted by Crippen LogP contribution is 2.39. The van der Waals surface area contributed by atoms with E-state index in [0.717, 1.165) is 18.1 Å². The summed E-state index contributed by atoms with van der Waals surface area (Å²) in [7, 11) is 3.90. The van der Waals surface area contributed by atoms with Gasteiger partial charge in [0.25, 0.3) is 6.47 Å². The smallest absolute Gasteiger partial charge is 0.295 e. The number of rotatable bonds is 11. The van der Waals surface area contributed by atoms with Gasteiger partial charge in [0.1, 0.15) is 6.10 Å². The molecule has 3 rings (SSSR count). The first-order chi connectivity index (χ1) is 17.4. The molecule has 0 radical (unpaired) electrons. The Kier molecular flexibility index (Phi) is 14.0. The van der Waals surface area contributed by atoms with E-state index in [1.807, 2.05) is 40.7 Å². The fourth-order valence-electron chi connectivity index (χ4n) is 4.03. The van der Waals surface area contributed by atoms with Gasteiger partial charge >= 0.3 is 0 Å². The van der Waals surface area contributed by atoms with Crippen LogP contribution < -0.4 is 11.5 Å². The van der Waals surface area contributed by atoms with Crippen molar-refractivity contribution >= 4 is 45.8 Å². The van der Waals surface area contributed by atoms with E-state index in [4.69, 9.17) is 20.9 Å². The summed E-state index contributed by atoms with van der Waals surface area (Å²) in [6.45, 7) is 3.98. The number of carbonyl (C=O) groups is 4. The first-order valence-corrected chi connectivity index (χ1v) is 14.6. The molecule has 0 aromatic rings. The lowest BCUT2D eigenvalue weighted by molar-refractivity contribution is -0.150. The van der Waals surface area contributed by atoms with E-state index in [1.54, 1.807) is 11.2 Å². The zero-order valence-corrected chi connectivity index (χ0v) is 22.4. The van der Waals surface area contributed by atoms with Crippen LogP contribution in [0, 0.1) is 5.92 Å². The number of hydrogen-bond acceptors (Lipinski definition) is 10. The van der Waals surface area contributed by atoms with Crippen LogP contribution in [0.25, 0.3) is 0 Å². The van der Waals surface area contributed by atoms with Gasteiger partial charge in [0.15, 0.2) is 6.23 Å². The number of imide groups is 1. The molecule has 12 heteroatoms. The largest absolute Gasteiger partial charge is 0.496 e.